The van der Waals surface area contributed by atoms with E-state index in [1.807, 2.05) is 0 Å². The van der Waals surface area contributed by atoms with Crippen LogP contribution in [0.25, 0.3) is 0 Å². The molecule has 2 unspecified atom stereocenters. The van der Waals surface area contributed by atoms with Crippen molar-refractivity contribution in [1.82, 2.24) is 0 Å². The zero-order valence-corrected chi connectivity index (χ0v) is 12.5. The largest absolute Gasteiger partial charge is 0.481 e. The lowest BCUT2D eigenvalue weighted by Gasteiger charge is -2.22. The first kappa shape index (κ1) is 17.5. The Kier molecular flexibility index (Phi) is 7.79. The van der Waals surface area contributed by atoms with E-state index >= 15 is 0 Å². The second kappa shape index (κ2) is 9.37. The molecule has 1 aliphatic rings. The van der Waals surface area contributed by atoms with Gasteiger partial charge in [0.15, 0.2) is 0 Å². The zero-order chi connectivity index (χ0) is 15.7. The van der Waals surface area contributed by atoms with Crippen molar-refractivity contribution >= 4 is 17.9 Å². The summed E-state index contributed by atoms with van der Waals surface area (Å²) in [4.78, 5) is 43.4. The molecule has 0 bridgehead atoms. The van der Waals surface area contributed by atoms with Crippen LogP contribution in [-0.2, 0) is 24.2 Å². The molecule has 0 aromatic rings. The molecule has 2 atom stereocenters. The van der Waals surface area contributed by atoms with Gasteiger partial charge in [0.25, 0.3) is 0 Å². The van der Waals surface area contributed by atoms with Crippen LogP contribution in [0.1, 0.15) is 64.7 Å². The highest BCUT2D eigenvalue weighted by molar-refractivity contribution is 5.81. The number of carboxylic acids is 1. The van der Waals surface area contributed by atoms with Crippen molar-refractivity contribution in [2.24, 2.45) is 11.8 Å². The Morgan fingerprint density at radius 3 is 1.95 bits per heavy atom. The number of hydrogen-bond acceptors (Lipinski definition) is 5. The third-order valence-electron chi connectivity index (χ3n) is 3.89. The smallest absolute Gasteiger partial charge is 0.359 e. The van der Waals surface area contributed by atoms with Crippen molar-refractivity contribution in [3.05, 3.63) is 0 Å². The lowest BCUT2D eigenvalue weighted by Crippen LogP contribution is -2.32. The van der Waals surface area contributed by atoms with Crippen LogP contribution < -0.4 is 0 Å². The summed E-state index contributed by atoms with van der Waals surface area (Å²) in [6, 6.07) is 0. The number of carbonyl (C=O) groups is 3. The van der Waals surface area contributed by atoms with Gasteiger partial charge in [-0.25, -0.2) is 19.4 Å². The van der Waals surface area contributed by atoms with Crippen LogP contribution in [0, 0.1) is 11.8 Å². The van der Waals surface area contributed by atoms with Gasteiger partial charge in [0.2, 0.25) is 0 Å². The van der Waals surface area contributed by atoms with Gasteiger partial charge in [-0.15, -0.1) is 0 Å². The average Bonchev–Trinajstić information content (AvgIpc) is 2.48. The number of carbonyl (C=O) groups excluding carboxylic acids is 2. The molecule has 1 rings (SSSR count). The molecule has 0 spiro atoms. The highest BCUT2D eigenvalue weighted by Crippen LogP contribution is 2.28. The number of carboxylic acid groups (broad SMARTS) is 1. The number of rotatable bonds is 3. The van der Waals surface area contributed by atoms with Crippen LogP contribution in [-0.4, -0.2) is 23.0 Å². The van der Waals surface area contributed by atoms with Crippen LogP contribution in [0.4, 0.5) is 0 Å². The second-order valence-corrected chi connectivity index (χ2v) is 5.46. The minimum absolute atomic E-state index is 0.0975. The molecule has 0 radical (unpaired) electrons. The van der Waals surface area contributed by atoms with Gasteiger partial charge >= 0.3 is 17.9 Å². The summed E-state index contributed by atoms with van der Waals surface area (Å²) in [7, 11) is 0. The maximum absolute atomic E-state index is 12.0. The SMILES string of the molecule is CCC(=O)OOC(=O)C1CCCCCCCCC1C(=O)O. The number of hydrogen-bond donors (Lipinski definition) is 1. The Labute approximate surface area is 124 Å². The maximum atomic E-state index is 12.0. The van der Waals surface area contributed by atoms with Gasteiger partial charge in [-0.2, -0.15) is 0 Å². The van der Waals surface area contributed by atoms with Crippen LogP contribution in [0.5, 0.6) is 0 Å². The molecule has 0 aromatic carbocycles. The van der Waals surface area contributed by atoms with E-state index in [1.54, 1.807) is 6.92 Å². The lowest BCUT2D eigenvalue weighted by molar-refractivity contribution is -0.263. The van der Waals surface area contributed by atoms with Crippen molar-refractivity contribution < 1.29 is 29.3 Å². The molecule has 6 heteroatoms. The summed E-state index contributed by atoms with van der Waals surface area (Å²) < 4.78 is 0. The Bertz CT molecular complexity index is 365. The van der Waals surface area contributed by atoms with Crippen molar-refractivity contribution in [2.75, 3.05) is 0 Å². The van der Waals surface area contributed by atoms with Gasteiger partial charge in [0, 0.05) is 6.42 Å². The Morgan fingerprint density at radius 1 is 0.905 bits per heavy atom. The molecule has 0 saturated heterocycles. The quantitative estimate of drug-likeness (QED) is 0.636. The fourth-order valence-electron chi connectivity index (χ4n) is 2.62. The van der Waals surface area contributed by atoms with Crippen molar-refractivity contribution in [1.29, 1.82) is 0 Å². The first-order valence-corrected chi connectivity index (χ1v) is 7.70. The monoisotopic (exact) mass is 300 g/mol. The van der Waals surface area contributed by atoms with E-state index in [9.17, 15) is 19.5 Å². The van der Waals surface area contributed by atoms with Crippen LogP contribution in [0.2, 0.25) is 0 Å². The highest BCUT2D eigenvalue weighted by atomic mass is 17.2. The van der Waals surface area contributed by atoms with Gasteiger partial charge in [0.05, 0.1) is 11.8 Å². The van der Waals surface area contributed by atoms with E-state index in [2.05, 4.69) is 9.78 Å². The van der Waals surface area contributed by atoms with Gasteiger partial charge in [-0.05, 0) is 12.8 Å². The van der Waals surface area contributed by atoms with E-state index in [0.717, 1.165) is 38.5 Å². The summed E-state index contributed by atoms with van der Waals surface area (Å²) in [6.45, 7) is 1.58. The molecular formula is C15H24O6. The normalized spacial score (nSPS) is 23.9. The van der Waals surface area contributed by atoms with Gasteiger partial charge in [-0.1, -0.05) is 45.4 Å². The van der Waals surface area contributed by atoms with Gasteiger partial charge in [-0.3, -0.25) is 4.79 Å². The highest BCUT2D eigenvalue weighted by Gasteiger charge is 2.35. The molecular weight excluding hydrogens is 276 g/mol. The molecule has 1 aliphatic carbocycles. The predicted octanol–water partition coefficient (Wildman–Crippen LogP) is 2.85. The van der Waals surface area contributed by atoms with Gasteiger partial charge < -0.3 is 5.11 Å². The molecule has 0 amide bonds. The third kappa shape index (κ3) is 6.14. The summed E-state index contributed by atoms with van der Waals surface area (Å²) in [5, 5.41) is 9.34. The molecule has 0 aromatic heterocycles. The molecule has 21 heavy (non-hydrogen) atoms. The van der Waals surface area contributed by atoms with E-state index < -0.39 is 29.7 Å². The molecule has 6 nitrogen and oxygen atoms in total. The summed E-state index contributed by atoms with van der Waals surface area (Å²) in [5.41, 5.74) is 0. The van der Waals surface area contributed by atoms with E-state index in [1.165, 1.54) is 0 Å². The summed E-state index contributed by atoms with van der Waals surface area (Å²) in [6.07, 6.45) is 6.75. The fourth-order valence-corrected chi connectivity index (χ4v) is 2.62. The van der Waals surface area contributed by atoms with Crippen LogP contribution >= 0.6 is 0 Å². The Morgan fingerprint density at radius 2 is 1.43 bits per heavy atom. The molecule has 0 aliphatic heterocycles. The predicted molar refractivity (Wildman–Crippen MR) is 74.0 cm³/mol. The minimum atomic E-state index is -0.987. The van der Waals surface area contributed by atoms with Gasteiger partial charge in [0.1, 0.15) is 0 Å². The first-order valence-electron chi connectivity index (χ1n) is 7.70. The van der Waals surface area contributed by atoms with E-state index in [-0.39, 0.29) is 6.42 Å². The topological polar surface area (TPSA) is 89.9 Å². The van der Waals surface area contributed by atoms with E-state index in [4.69, 9.17) is 0 Å². The Hall–Kier alpha value is -1.59. The standard InChI is InChI=1S/C15H24O6/c1-2-13(16)20-21-15(19)12-10-8-6-4-3-5-7-9-11(12)14(17)18/h11-12H,2-10H2,1H3,(H,17,18). The fraction of sp³-hybridized carbons (Fsp3) is 0.800. The number of aliphatic carboxylic acids is 1. The molecule has 1 N–H and O–H groups in total. The lowest BCUT2D eigenvalue weighted by atomic mass is 9.83. The summed E-state index contributed by atoms with van der Waals surface area (Å²) >= 11 is 0. The molecule has 1 saturated carbocycles. The van der Waals surface area contributed by atoms with Crippen molar-refractivity contribution in [2.45, 2.75) is 64.7 Å². The molecule has 0 heterocycles. The molecule has 120 valence electrons. The van der Waals surface area contributed by atoms with Crippen LogP contribution in [0.15, 0.2) is 0 Å². The van der Waals surface area contributed by atoms with Crippen LogP contribution in [0.3, 0.4) is 0 Å². The summed E-state index contributed by atoms with van der Waals surface area (Å²) in [5.74, 6) is -3.89. The third-order valence-corrected chi connectivity index (χ3v) is 3.89. The first-order chi connectivity index (χ1) is 10.1. The molecule has 1 fully saturated rings. The Balaban J connectivity index is 2.69. The maximum Gasteiger partial charge on any atom is 0.359 e. The van der Waals surface area contributed by atoms with Crippen molar-refractivity contribution in [3.63, 3.8) is 0 Å². The van der Waals surface area contributed by atoms with E-state index in [0.29, 0.717) is 12.8 Å². The van der Waals surface area contributed by atoms with Crippen molar-refractivity contribution in [3.8, 4) is 0 Å². The average molecular weight is 300 g/mol. The zero-order valence-electron chi connectivity index (χ0n) is 12.5. The minimum Gasteiger partial charge on any atom is -0.481 e. The second-order valence-electron chi connectivity index (χ2n) is 5.46.